The molecule has 2 saturated heterocycles. The average molecular weight is 288 g/mol. The van der Waals surface area contributed by atoms with E-state index in [9.17, 15) is 0 Å². The molecule has 0 amide bonds. The molecule has 4 nitrogen and oxygen atoms in total. The molecule has 1 saturated carbocycles. The van der Waals surface area contributed by atoms with Crippen LogP contribution < -0.4 is 0 Å². The van der Waals surface area contributed by atoms with E-state index in [0.29, 0.717) is 5.41 Å². The van der Waals surface area contributed by atoms with Crippen LogP contribution in [0.15, 0.2) is 12.4 Å². The van der Waals surface area contributed by atoms with Crippen LogP contribution >= 0.6 is 0 Å². The number of hydrogen-bond donors (Lipinski definition) is 0. The van der Waals surface area contributed by atoms with Gasteiger partial charge in [0.25, 0.3) is 0 Å². The Kier molecular flexibility index (Phi) is 3.54. The predicted octanol–water partition coefficient (Wildman–Crippen LogP) is 2.12. The van der Waals surface area contributed by atoms with Gasteiger partial charge in [0.15, 0.2) is 0 Å². The van der Waals surface area contributed by atoms with Crippen molar-refractivity contribution in [3.8, 4) is 0 Å². The van der Waals surface area contributed by atoms with Crippen LogP contribution in [-0.4, -0.2) is 52.3 Å². The first-order chi connectivity index (χ1) is 10.2. The topological polar surface area (TPSA) is 24.3 Å². The van der Waals surface area contributed by atoms with Crippen LogP contribution in [0.3, 0.4) is 0 Å². The van der Waals surface area contributed by atoms with Gasteiger partial charge in [0, 0.05) is 45.0 Å². The molecule has 0 N–H and O–H groups in total. The molecule has 3 fully saturated rings. The van der Waals surface area contributed by atoms with Crippen LogP contribution in [0.1, 0.15) is 37.7 Å². The molecule has 1 aromatic rings. The van der Waals surface area contributed by atoms with Gasteiger partial charge in [-0.25, -0.2) is 0 Å². The zero-order valence-corrected chi connectivity index (χ0v) is 13.3. The van der Waals surface area contributed by atoms with Gasteiger partial charge in [-0.3, -0.25) is 9.58 Å². The first-order valence-corrected chi connectivity index (χ1v) is 8.63. The van der Waals surface area contributed by atoms with Gasteiger partial charge in [0.2, 0.25) is 0 Å². The molecule has 3 aliphatic rings. The quantitative estimate of drug-likeness (QED) is 0.848. The molecule has 1 unspecified atom stereocenters. The van der Waals surface area contributed by atoms with E-state index in [1.165, 1.54) is 70.4 Å². The molecular weight excluding hydrogens is 260 g/mol. The first kappa shape index (κ1) is 13.8. The molecule has 0 bridgehead atoms. The number of nitrogens with zero attached hydrogens (tertiary/aromatic N) is 4. The van der Waals surface area contributed by atoms with Crippen molar-refractivity contribution in [3.63, 3.8) is 0 Å². The Morgan fingerprint density at radius 3 is 2.81 bits per heavy atom. The number of hydrogen-bond acceptors (Lipinski definition) is 3. The molecular formula is C17H28N4. The fourth-order valence-corrected chi connectivity index (χ4v) is 4.44. The molecule has 2 aliphatic heterocycles. The Hall–Kier alpha value is -0.870. The van der Waals surface area contributed by atoms with Gasteiger partial charge in [-0.1, -0.05) is 0 Å². The highest BCUT2D eigenvalue weighted by molar-refractivity contribution is 5.05. The summed E-state index contributed by atoms with van der Waals surface area (Å²) >= 11 is 0. The third-order valence-electron chi connectivity index (χ3n) is 5.64. The summed E-state index contributed by atoms with van der Waals surface area (Å²) in [6.07, 6.45) is 11.4. The maximum absolute atomic E-state index is 4.30. The fourth-order valence-electron chi connectivity index (χ4n) is 4.44. The molecule has 4 rings (SSSR count). The molecule has 116 valence electrons. The van der Waals surface area contributed by atoms with E-state index in [1.807, 2.05) is 17.9 Å². The Labute approximate surface area is 128 Å². The summed E-state index contributed by atoms with van der Waals surface area (Å²) in [4.78, 5) is 5.42. The third-order valence-corrected chi connectivity index (χ3v) is 5.64. The molecule has 1 atom stereocenters. The van der Waals surface area contributed by atoms with Crippen molar-refractivity contribution in [2.24, 2.45) is 18.4 Å². The lowest BCUT2D eigenvalue weighted by molar-refractivity contribution is 0.0884. The molecule has 21 heavy (non-hydrogen) atoms. The average Bonchev–Trinajstić information content (AvgIpc) is 3.06. The van der Waals surface area contributed by atoms with Crippen molar-refractivity contribution in [2.75, 3.05) is 32.7 Å². The lowest BCUT2D eigenvalue weighted by atomic mass is 9.79. The predicted molar refractivity (Wildman–Crippen MR) is 83.9 cm³/mol. The van der Waals surface area contributed by atoms with Gasteiger partial charge in [-0.2, -0.15) is 5.10 Å². The summed E-state index contributed by atoms with van der Waals surface area (Å²) in [7, 11) is 2.01. The maximum atomic E-state index is 4.30. The van der Waals surface area contributed by atoms with Crippen molar-refractivity contribution >= 4 is 0 Å². The van der Waals surface area contributed by atoms with E-state index in [2.05, 4.69) is 21.1 Å². The highest BCUT2D eigenvalue weighted by atomic mass is 15.3. The van der Waals surface area contributed by atoms with Crippen LogP contribution in [-0.2, 0) is 13.6 Å². The number of aromatic nitrogens is 2. The highest BCUT2D eigenvalue weighted by Gasteiger charge is 2.42. The number of likely N-dealkylation sites (tertiary alicyclic amines) is 2. The van der Waals surface area contributed by atoms with Gasteiger partial charge >= 0.3 is 0 Å². The summed E-state index contributed by atoms with van der Waals surface area (Å²) < 4.78 is 1.92. The third kappa shape index (κ3) is 3.16. The van der Waals surface area contributed by atoms with E-state index in [4.69, 9.17) is 0 Å². The molecule has 0 aromatic carbocycles. The monoisotopic (exact) mass is 288 g/mol. The molecule has 0 radical (unpaired) electrons. The number of aryl methyl sites for hydroxylation is 1. The lowest BCUT2D eigenvalue weighted by Crippen LogP contribution is -2.45. The van der Waals surface area contributed by atoms with Gasteiger partial charge in [-0.05, 0) is 56.5 Å². The second-order valence-electron chi connectivity index (χ2n) is 7.76. The van der Waals surface area contributed by atoms with Crippen LogP contribution in [0.4, 0.5) is 0 Å². The van der Waals surface area contributed by atoms with Gasteiger partial charge < -0.3 is 4.90 Å². The van der Waals surface area contributed by atoms with E-state index < -0.39 is 0 Å². The summed E-state index contributed by atoms with van der Waals surface area (Å²) in [5, 5.41) is 4.30. The Morgan fingerprint density at radius 2 is 2.05 bits per heavy atom. The highest BCUT2D eigenvalue weighted by Crippen LogP contribution is 2.40. The van der Waals surface area contributed by atoms with Crippen molar-refractivity contribution < 1.29 is 0 Å². The van der Waals surface area contributed by atoms with Crippen molar-refractivity contribution in [2.45, 2.75) is 38.6 Å². The van der Waals surface area contributed by atoms with Gasteiger partial charge in [-0.15, -0.1) is 0 Å². The Bertz CT molecular complexity index is 493. The summed E-state index contributed by atoms with van der Waals surface area (Å²) in [5.74, 6) is 1.04. The van der Waals surface area contributed by atoms with Crippen molar-refractivity contribution in [1.82, 2.24) is 19.6 Å². The van der Waals surface area contributed by atoms with Crippen LogP contribution in [0, 0.1) is 11.3 Å². The van der Waals surface area contributed by atoms with Crippen LogP contribution in [0.5, 0.6) is 0 Å². The van der Waals surface area contributed by atoms with Crippen LogP contribution in [0.2, 0.25) is 0 Å². The molecule has 4 heteroatoms. The fraction of sp³-hybridized carbons (Fsp3) is 0.824. The van der Waals surface area contributed by atoms with Crippen molar-refractivity contribution in [1.29, 1.82) is 0 Å². The van der Waals surface area contributed by atoms with E-state index in [1.54, 1.807) is 0 Å². The second-order valence-corrected chi connectivity index (χ2v) is 7.76. The van der Waals surface area contributed by atoms with Gasteiger partial charge in [0.1, 0.15) is 0 Å². The summed E-state index contributed by atoms with van der Waals surface area (Å²) in [5.41, 5.74) is 1.95. The molecule has 1 spiro atoms. The zero-order valence-electron chi connectivity index (χ0n) is 13.3. The Balaban J connectivity index is 1.35. The molecule has 1 aliphatic carbocycles. The SMILES string of the molecule is Cn1cc(CN2CCC3(CCCN(CC4CC4)C3)C2)cn1. The maximum Gasteiger partial charge on any atom is 0.0534 e. The van der Waals surface area contributed by atoms with Crippen molar-refractivity contribution in [3.05, 3.63) is 18.0 Å². The Morgan fingerprint density at radius 1 is 1.19 bits per heavy atom. The molecule has 1 aromatic heterocycles. The summed E-state index contributed by atoms with van der Waals surface area (Å²) in [6.45, 7) is 7.73. The minimum Gasteiger partial charge on any atom is -0.302 e. The zero-order chi connectivity index (χ0) is 14.3. The van der Waals surface area contributed by atoms with E-state index in [-0.39, 0.29) is 0 Å². The summed E-state index contributed by atoms with van der Waals surface area (Å²) in [6, 6.07) is 0. The minimum absolute atomic E-state index is 0.593. The smallest absolute Gasteiger partial charge is 0.0534 e. The number of rotatable bonds is 4. The standard InChI is InChI=1S/C17H28N4/c1-19-10-16(9-18-19)12-21-8-6-17(14-21)5-2-7-20(13-17)11-15-3-4-15/h9-10,15H,2-8,11-14H2,1H3. The normalized spacial score (nSPS) is 31.3. The largest absolute Gasteiger partial charge is 0.302 e. The first-order valence-electron chi connectivity index (χ1n) is 8.63. The number of piperidine rings is 1. The van der Waals surface area contributed by atoms with E-state index in [0.717, 1.165) is 12.5 Å². The second kappa shape index (κ2) is 5.40. The minimum atomic E-state index is 0.593. The van der Waals surface area contributed by atoms with E-state index >= 15 is 0 Å². The van der Waals surface area contributed by atoms with Crippen LogP contribution in [0.25, 0.3) is 0 Å². The van der Waals surface area contributed by atoms with Gasteiger partial charge in [0.05, 0.1) is 6.20 Å². The lowest BCUT2D eigenvalue weighted by Gasteiger charge is -2.40. The molecule has 3 heterocycles.